The van der Waals surface area contributed by atoms with Crippen molar-refractivity contribution in [2.75, 3.05) is 13.1 Å². The van der Waals surface area contributed by atoms with Crippen LogP contribution >= 0.6 is 0 Å². The van der Waals surface area contributed by atoms with E-state index in [1.54, 1.807) is 0 Å². The predicted molar refractivity (Wildman–Crippen MR) is 138 cm³/mol. The first-order valence-electron chi connectivity index (χ1n) is 12.8. The molecule has 0 bridgehead atoms. The lowest BCUT2D eigenvalue weighted by atomic mass is 9.81. The van der Waals surface area contributed by atoms with E-state index >= 15 is 0 Å². The van der Waals surface area contributed by atoms with Gasteiger partial charge < -0.3 is 16.0 Å². The zero-order valence-corrected chi connectivity index (χ0v) is 21.0. The summed E-state index contributed by atoms with van der Waals surface area (Å²) >= 11 is 0. The SMILES string of the molecule is CCC[C@H](C(N)=O)[C@@H](CC(C)C)C(=O)N1CCC(NC(c2ccccc2)c2ccccc2)CC1. The summed E-state index contributed by atoms with van der Waals surface area (Å²) in [5.41, 5.74) is 8.22. The van der Waals surface area contributed by atoms with Crippen LogP contribution in [0.3, 0.4) is 0 Å². The van der Waals surface area contributed by atoms with Crippen molar-refractivity contribution in [1.29, 1.82) is 0 Å². The number of nitrogens with one attached hydrogen (secondary N) is 1. The first-order chi connectivity index (χ1) is 16.4. The molecule has 3 N–H and O–H groups in total. The number of amides is 2. The second kappa shape index (κ2) is 12.7. The number of primary amides is 1. The number of rotatable bonds is 11. The van der Waals surface area contributed by atoms with Crippen LogP contribution in [0.25, 0.3) is 0 Å². The molecule has 1 heterocycles. The number of carbonyl (C=O) groups excluding carboxylic acids is 2. The second-order valence-corrected chi connectivity index (χ2v) is 10.1. The molecule has 2 atom stereocenters. The maximum atomic E-state index is 13.5. The topological polar surface area (TPSA) is 75.4 Å². The Balaban J connectivity index is 1.68. The Morgan fingerprint density at radius 1 is 0.941 bits per heavy atom. The van der Waals surface area contributed by atoms with Crippen molar-refractivity contribution in [3.05, 3.63) is 71.8 Å². The minimum Gasteiger partial charge on any atom is -0.369 e. The summed E-state index contributed by atoms with van der Waals surface area (Å²) in [6, 6.07) is 21.5. The summed E-state index contributed by atoms with van der Waals surface area (Å²) in [5, 5.41) is 3.86. The molecule has 1 aliphatic rings. The van der Waals surface area contributed by atoms with Gasteiger partial charge in [-0.25, -0.2) is 0 Å². The van der Waals surface area contributed by atoms with Crippen LogP contribution in [-0.4, -0.2) is 35.8 Å². The Morgan fingerprint density at radius 2 is 1.47 bits per heavy atom. The van der Waals surface area contributed by atoms with Gasteiger partial charge in [-0.3, -0.25) is 9.59 Å². The first kappa shape index (κ1) is 26.0. The molecule has 2 amide bonds. The third-order valence-corrected chi connectivity index (χ3v) is 6.97. The fraction of sp³-hybridized carbons (Fsp3) is 0.517. The highest BCUT2D eigenvalue weighted by Crippen LogP contribution is 2.29. The van der Waals surface area contributed by atoms with E-state index in [9.17, 15) is 9.59 Å². The Morgan fingerprint density at radius 3 is 1.91 bits per heavy atom. The third-order valence-electron chi connectivity index (χ3n) is 6.97. The number of likely N-dealkylation sites (tertiary alicyclic amines) is 1. The minimum absolute atomic E-state index is 0.104. The number of hydrogen-bond acceptors (Lipinski definition) is 3. The Kier molecular flexibility index (Phi) is 9.70. The van der Waals surface area contributed by atoms with E-state index in [0.29, 0.717) is 37.9 Å². The molecule has 2 aromatic rings. The molecule has 0 radical (unpaired) electrons. The van der Waals surface area contributed by atoms with Crippen LogP contribution in [0.15, 0.2) is 60.7 Å². The van der Waals surface area contributed by atoms with Crippen LogP contribution in [0.2, 0.25) is 0 Å². The number of carbonyl (C=O) groups is 2. The van der Waals surface area contributed by atoms with Crippen LogP contribution in [0, 0.1) is 17.8 Å². The van der Waals surface area contributed by atoms with E-state index in [-0.39, 0.29) is 29.7 Å². The number of piperidine rings is 1. The average molecular weight is 464 g/mol. The molecular formula is C29H41N3O2. The normalized spacial score (nSPS) is 16.6. The molecule has 3 rings (SSSR count). The van der Waals surface area contributed by atoms with Gasteiger partial charge in [0, 0.05) is 31.0 Å². The average Bonchev–Trinajstić information content (AvgIpc) is 2.85. The molecule has 0 aliphatic carbocycles. The molecule has 2 aromatic carbocycles. The van der Waals surface area contributed by atoms with Crippen molar-refractivity contribution < 1.29 is 9.59 Å². The predicted octanol–water partition coefficient (Wildman–Crippen LogP) is 4.92. The van der Waals surface area contributed by atoms with Gasteiger partial charge in [0.25, 0.3) is 0 Å². The van der Waals surface area contributed by atoms with Crippen molar-refractivity contribution >= 4 is 11.8 Å². The molecule has 1 aliphatic heterocycles. The van der Waals surface area contributed by atoms with Gasteiger partial charge in [-0.05, 0) is 42.7 Å². The zero-order chi connectivity index (χ0) is 24.5. The van der Waals surface area contributed by atoms with Gasteiger partial charge in [-0.2, -0.15) is 0 Å². The summed E-state index contributed by atoms with van der Waals surface area (Å²) in [4.78, 5) is 27.7. The monoisotopic (exact) mass is 463 g/mol. The fourth-order valence-electron chi connectivity index (χ4n) is 5.21. The summed E-state index contributed by atoms with van der Waals surface area (Å²) in [6.45, 7) is 7.67. The van der Waals surface area contributed by atoms with Crippen molar-refractivity contribution in [3.63, 3.8) is 0 Å². The van der Waals surface area contributed by atoms with Crippen LogP contribution < -0.4 is 11.1 Å². The van der Waals surface area contributed by atoms with Gasteiger partial charge in [0.05, 0.1) is 6.04 Å². The molecular weight excluding hydrogens is 422 g/mol. The smallest absolute Gasteiger partial charge is 0.226 e. The van der Waals surface area contributed by atoms with Crippen LogP contribution in [0.1, 0.15) is 70.0 Å². The molecule has 0 spiro atoms. The molecule has 0 saturated carbocycles. The van der Waals surface area contributed by atoms with E-state index in [4.69, 9.17) is 5.73 Å². The lowest BCUT2D eigenvalue weighted by Gasteiger charge is -2.38. The number of nitrogens with zero attached hydrogens (tertiary/aromatic N) is 1. The molecule has 5 nitrogen and oxygen atoms in total. The van der Waals surface area contributed by atoms with E-state index in [1.807, 2.05) is 24.0 Å². The number of nitrogens with two attached hydrogens (primary N) is 1. The van der Waals surface area contributed by atoms with E-state index < -0.39 is 0 Å². The molecule has 34 heavy (non-hydrogen) atoms. The number of benzene rings is 2. The van der Waals surface area contributed by atoms with Gasteiger partial charge in [0.15, 0.2) is 0 Å². The third kappa shape index (κ3) is 6.92. The van der Waals surface area contributed by atoms with Crippen molar-refractivity contribution in [2.45, 2.75) is 65.0 Å². The lowest BCUT2D eigenvalue weighted by molar-refractivity contribution is -0.143. The van der Waals surface area contributed by atoms with Crippen LogP contribution in [0.5, 0.6) is 0 Å². The van der Waals surface area contributed by atoms with E-state index in [0.717, 1.165) is 19.3 Å². The van der Waals surface area contributed by atoms with E-state index in [1.165, 1.54) is 11.1 Å². The quantitative estimate of drug-likeness (QED) is 0.497. The maximum Gasteiger partial charge on any atom is 0.226 e. The van der Waals surface area contributed by atoms with E-state index in [2.05, 4.69) is 67.7 Å². The highest BCUT2D eigenvalue weighted by Gasteiger charge is 2.36. The molecule has 0 aromatic heterocycles. The molecule has 1 fully saturated rings. The highest BCUT2D eigenvalue weighted by molar-refractivity contribution is 5.87. The Bertz CT molecular complexity index is 853. The summed E-state index contributed by atoms with van der Waals surface area (Å²) in [7, 11) is 0. The fourth-order valence-corrected chi connectivity index (χ4v) is 5.21. The largest absolute Gasteiger partial charge is 0.369 e. The van der Waals surface area contributed by atoms with Gasteiger partial charge in [-0.1, -0.05) is 87.9 Å². The highest BCUT2D eigenvalue weighted by atomic mass is 16.2. The Labute approximate surface area is 205 Å². The van der Waals surface area contributed by atoms with Crippen LogP contribution in [-0.2, 0) is 9.59 Å². The summed E-state index contributed by atoms with van der Waals surface area (Å²) < 4.78 is 0. The zero-order valence-electron chi connectivity index (χ0n) is 21.0. The maximum absolute atomic E-state index is 13.5. The molecule has 1 saturated heterocycles. The summed E-state index contributed by atoms with van der Waals surface area (Å²) in [6.07, 6.45) is 4.01. The van der Waals surface area contributed by atoms with Crippen molar-refractivity contribution in [2.24, 2.45) is 23.5 Å². The van der Waals surface area contributed by atoms with Gasteiger partial charge in [0.2, 0.25) is 11.8 Å². The van der Waals surface area contributed by atoms with Crippen LogP contribution in [0.4, 0.5) is 0 Å². The lowest BCUT2D eigenvalue weighted by Crippen LogP contribution is -2.49. The van der Waals surface area contributed by atoms with Gasteiger partial charge in [0.1, 0.15) is 0 Å². The molecule has 184 valence electrons. The first-order valence-corrected chi connectivity index (χ1v) is 12.8. The standard InChI is InChI=1S/C29H41N3O2/c1-4-11-25(28(30)33)26(20-21(2)3)29(34)32-18-16-24(17-19-32)31-27(22-12-7-5-8-13-22)23-14-9-6-10-15-23/h5-10,12-15,21,24-27,31H,4,11,16-20H2,1-3H3,(H2,30,33)/t25-,26+/m0/s1. The molecule has 0 unspecified atom stereocenters. The molecule has 5 heteroatoms. The van der Waals surface area contributed by atoms with Gasteiger partial charge in [-0.15, -0.1) is 0 Å². The number of hydrogen-bond donors (Lipinski definition) is 2. The van der Waals surface area contributed by atoms with Crippen molar-refractivity contribution in [3.8, 4) is 0 Å². The Hall–Kier alpha value is -2.66. The summed E-state index contributed by atoms with van der Waals surface area (Å²) in [5.74, 6) is -0.595. The van der Waals surface area contributed by atoms with Crippen molar-refractivity contribution in [1.82, 2.24) is 10.2 Å². The second-order valence-electron chi connectivity index (χ2n) is 10.1. The van der Waals surface area contributed by atoms with Gasteiger partial charge >= 0.3 is 0 Å². The minimum atomic E-state index is -0.378.